The van der Waals surface area contributed by atoms with Crippen LogP contribution in [0.4, 0.5) is 0 Å². The molecule has 2 rings (SSSR count). The van der Waals surface area contributed by atoms with E-state index in [0.29, 0.717) is 12.2 Å². The van der Waals surface area contributed by atoms with Gasteiger partial charge in [0, 0.05) is 32.7 Å². The molecule has 1 aliphatic rings. The van der Waals surface area contributed by atoms with Crippen molar-refractivity contribution in [3.63, 3.8) is 0 Å². The molecule has 0 N–H and O–H groups in total. The van der Waals surface area contributed by atoms with Gasteiger partial charge in [-0.05, 0) is 18.9 Å². The summed E-state index contributed by atoms with van der Waals surface area (Å²) < 4.78 is 5.16. The van der Waals surface area contributed by atoms with Crippen LogP contribution >= 0.6 is 0 Å². The third-order valence-corrected chi connectivity index (χ3v) is 2.84. The van der Waals surface area contributed by atoms with Crippen molar-refractivity contribution >= 4 is 5.78 Å². The van der Waals surface area contributed by atoms with E-state index in [4.69, 9.17) is 4.74 Å². The maximum absolute atomic E-state index is 11.7. The number of hydrogen-bond donors (Lipinski definition) is 0. The van der Waals surface area contributed by atoms with Gasteiger partial charge < -0.3 is 17.0 Å². The minimum absolute atomic E-state index is 0. The fraction of sp³-hybridized carbons (Fsp3) is 0.357. The first-order valence-electron chi connectivity index (χ1n) is 5.34. The van der Waals surface area contributed by atoms with Gasteiger partial charge >= 0.3 is 0 Å². The molecule has 1 radical (unpaired) electrons. The molecule has 0 aliphatic heterocycles. The van der Waals surface area contributed by atoms with E-state index in [2.05, 4.69) is 0 Å². The molecule has 1 aromatic carbocycles. The Kier molecular flexibility index (Phi) is 7.73. The van der Waals surface area contributed by atoms with Crippen molar-refractivity contribution in [2.45, 2.75) is 25.7 Å². The van der Waals surface area contributed by atoms with Gasteiger partial charge in [-0.1, -0.05) is 12.8 Å². The molecule has 0 amide bonds. The van der Waals surface area contributed by atoms with E-state index in [-0.39, 0.29) is 40.1 Å². The normalized spacial score (nSPS) is 14.6. The Bertz CT molecular complexity index is 363. The van der Waals surface area contributed by atoms with Gasteiger partial charge in [-0.15, -0.1) is 18.1 Å². The van der Waals surface area contributed by atoms with Crippen LogP contribution in [0, 0.1) is 13.3 Å². The Morgan fingerprint density at radius 2 is 2.06 bits per heavy atom. The zero-order valence-corrected chi connectivity index (χ0v) is 13.4. The summed E-state index contributed by atoms with van der Waals surface area (Å²) in [5.41, 5.74) is 1.03. The Hall–Kier alpha value is -0.336. The van der Waals surface area contributed by atoms with E-state index in [0.717, 1.165) is 36.5 Å². The Labute approximate surface area is 129 Å². The van der Waals surface area contributed by atoms with Gasteiger partial charge in [0.25, 0.3) is 0 Å². The van der Waals surface area contributed by atoms with E-state index in [1.165, 1.54) is 0 Å². The zero-order chi connectivity index (χ0) is 10.7. The second kappa shape index (κ2) is 7.89. The van der Waals surface area contributed by atoms with Crippen molar-refractivity contribution in [1.82, 2.24) is 0 Å². The van der Waals surface area contributed by atoms with Crippen LogP contribution in [-0.4, -0.2) is 12.9 Å². The van der Waals surface area contributed by atoms with Crippen LogP contribution in [0.5, 0.6) is 5.75 Å². The molecule has 0 heterocycles. The maximum Gasteiger partial charge on any atom is 0.105 e. The fourth-order valence-corrected chi connectivity index (χ4v) is 1.99. The monoisotopic (exact) mass is 307 g/mol. The largest absolute Gasteiger partial charge is 0.510 e. The molecule has 1 fully saturated rings. The molecule has 0 bridgehead atoms. The smallest absolute Gasteiger partial charge is 0.105 e. The first-order chi connectivity index (χ1) is 7.31. The minimum atomic E-state index is 0. The molecule has 0 unspecified atom stereocenters. The molecule has 0 atom stereocenters. The topological polar surface area (TPSA) is 26.3 Å². The molecule has 17 heavy (non-hydrogen) atoms. The summed E-state index contributed by atoms with van der Waals surface area (Å²) in [7, 11) is 1.65. The fourth-order valence-electron chi connectivity index (χ4n) is 1.99. The number of carbonyl (C=O) groups excluding carboxylic acids is 1. The molecular formula is C14H18O2Y-2. The van der Waals surface area contributed by atoms with Crippen LogP contribution < -0.4 is 4.74 Å². The quantitative estimate of drug-likeness (QED) is 0.784. The number of rotatable bonds is 2. The van der Waals surface area contributed by atoms with Crippen molar-refractivity contribution in [3.05, 3.63) is 43.2 Å². The van der Waals surface area contributed by atoms with E-state index >= 15 is 0 Å². The second-order valence-electron chi connectivity index (χ2n) is 3.84. The van der Waals surface area contributed by atoms with Gasteiger partial charge in [-0.2, -0.15) is 11.6 Å². The van der Waals surface area contributed by atoms with E-state index in [9.17, 15) is 4.79 Å². The number of ether oxygens (including phenoxy) is 1. The van der Waals surface area contributed by atoms with Gasteiger partial charge in [0.2, 0.25) is 0 Å². The molecule has 0 spiro atoms. The predicted molar refractivity (Wildman–Crippen MR) is 65.2 cm³/mol. The molecule has 1 saturated carbocycles. The molecule has 1 aliphatic carbocycles. The van der Waals surface area contributed by atoms with Crippen LogP contribution in [-0.2, 0) is 37.5 Å². The average Bonchev–Trinajstić information content (AvgIpc) is 2.30. The summed E-state index contributed by atoms with van der Waals surface area (Å²) in [4.78, 5) is 11.7. The second-order valence-corrected chi connectivity index (χ2v) is 3.84. The molecule has 0 saturated heterocycles. The van der Waals surface area contributed by atoms with Crippen molar-refractivity contribution in [3.8, 4) is 5.75 Å². The Morgan fingerprint density at radius 3 is 2.71 bits per heavy atom. The summed E-state index contributed by atoms with van der Waals surface area (Å²) in [6.07, 6.45) is 3.77. The summed E-state index contributed by atoms with van der Waals surface area (Å²) in [5, 5.41) is 0. The van der Waals surface area contributed by atoms with E-state index in [1.807, 2.05) is 24.3 Å². The number of carbonyl (C=O) groups is 1. The van der Waals surface area contributed by atoms with E-state index in [1.54, 1.807) is 7.11 Å². The van der Waals surface area contributed by atoms with Gasteiger partial charge in [0.05, 0.1) is 12.9 Å². The minimum Gasteiger partial charge on any atom is -0.510 e. The number of ketones is 1. The molecule has 91 valence electrons. The summed E-state index contributed by atoms with van der Waals surface area (Å²) >= 11 is 0. The standard InChI is InChI=1S/C13H15O2.CH3.Y/c1-15-11-6-4-5-10(9-11)12-7-2-3-8-13(12)14;;/h4-6,9H,2-3,7-8H2,1H3;1H3;/q2*-1;. The Morgan fingerprint density at radius 1 is 1.29 bits per heavy atom. The third-order valence-electron chi connectivity index (χ3n) is 2.84. The van der Waals surface area contributed by atoms with Crippen LogP contribution in [0.15, 0.2) is 24.3 Å². The molecule has 2 nitrogen and oxygen atoms in total. The molecule has 1 aromatic rings. The zero-order valence-electron chi connectivity index (χ0n) is 10.5. The average molecular weight is 307 g/mol. The summed E-state index contributed by atoms with van der Waals surface area (Å²) in [6, 6.07) is 7.76. The predicted octanol–water partition coefficient (Wildman–Crippen LogP) is 3.21. The van der Waals surface area contributed by atoms with Gasteiger partial charge in [-0.25, -0.2) is 0 Å². The number of benzene rings is 1. The third kappa shape index (κ3) is 4.11. The van der Waals surface area contributed by atoms with Crippen molar-refractivity contribution in [1.29, 1.82) is 0 Å². The SMILES string of the molecule is COc1cccc([C-]2CCCCC2=O)c1.[CH3-].[Y]. The van der Waals surface area contributed by atoms with Crippen LogP contribution in [0.3, 0.4) is 0 Å². The Balaban J connectivity index is 0.00000128. The first kappa shape index (κ1) is 16.7. The molecule has 0 aromatic heterocycles. The first-order valence-corrected chi connectivity index (χ1v) is 5.34. The van der Waals surface area contributed by atoms with Crippen molar-refractivity contribution in [2.24, 2.45) is 0 Å². The number of hydrogen-bond acceptors (Lipinski definition) is 2. The van der Waals surface area contributed by atoms with Crippen molar-refractivity contribution in [2.75, 3.05) is 7.11 Å². The van der Waals surface area contributed by atoms with Crippen LogP contribution in [0.2, 0.25) is 0 Å². The molecule has 3 heteroatoms. The van der Waals surface area contributed by atoms with E-state index < -0.39 is 0 Å². The van der Waals surface area contributed by atoms with Crippen LogP contribution in [0.1, 0.15) is 31.2 Å². The summed E-state index contributed by atoms with van der Waals surface area (Å²) in [5.74, 6) is 2.09. The number of Topliss-reactive ketones (excluding diaryl/α,β-unsaturated/α-hetero) is 1. The number of methoxy groups -OCH3 is 1. The summed E-state index contributed by atoms with van der Waals surface area (Å²) in [6.45, 7) is 0. The van der Waals surface area contributed by atoms with Crippen LogP contribution in [0.25, 0.3) is 0 Å². The maximum atomic E-state index is 11.7. The van der Waals surface area contributed by atoms with Gasteiger partial charge in [0.1, 0.15) is 5.78 Å². The van der Waals surface area contributed by atoms with Crippen molar-refractivity contribution < 1.29 is 42.2 Å². The van der Waals surface area contributed by atoms with Gasteiger partial charge in [-0.3, -0.25) is 0 Å². The molecular weight excluding hydrogens is 289 g/mol. The van der Waals surface area contributed by atoms with Gasteiger partial charge in [0.15, 0.2) is 0 Å².